The van der Waals surface area contributed by atoms with Gasteiger partial charge in [0.05, 0.1) is 20.3 Å². The van der Waals surface area contributed by atoms with Crippen molar-refractivity contribution in [1.82, 2.24) is 0 Å². The third kappa shape index (κ3) is 4.58. The third-order valence-electron chi connectivity index (χ3n) is 3.33. The van der Waals surface area contributed by atoms with E-state index in [4.69, 9.17) is 19.9 Å². The summed E-state index contributed by atoms with van der Waals surface area (Å²) in [6.07, 6.45) is 1.83. The molecule has 0 aliphatic heterocycles. The van der Waals surface area contributed by atoms with Gasteiger partial charge in [-0.15, -0.1) is 0 Å². The Morgan fingerprint density at radius 1 is 0.909 bits per heavy atom. The zero-order chi connectivity index (χ0) is 15.8. The zero-order valence-electron chi connectivity index (χ0n) is 13.2. The second kappa shape index (κ2) is 8.17. The summed E-state index contributed by atoms with van der Waals surface area (Å²) in [6, 6.07) is 13.5. The first-order chi connectivity index (χ1) is 10.7. The molecule has 0 aliphatic carbocycles. The second-order valence-corrected chi connectivity index (χ2v) is 4.96. The fourth-order valence-corrected chi connectivity index (χ4v) is 2.06. The summed E-state index contributed by atoms with van der Waals surface area (Å²) in [5.41, 5.74) is 7.68. The normalized spacial score (nSPS) is 10.3. The minimum atomic E-state index is 0.563. The quantitative estimate of drug-likeness (QED) is 0.597. The van der Waals surface area contributed by atoms with Gasteiger partial charge in [0.15, 0.2) is 11.5 Å². The number of benzene rings is 2. The predicted molar refractivity (Wildman–Crippen MR) is 88.8 cm³/mol. The standard InChI is InChI=1S/C18H23NO3/c1-3-14-5-8-16(9-6-14)21-11-4-12-22-17-10-7-15(19)13-18(17)20-2/h5-10,13H,3-4,11-12,19H2,1-2H3. The lowest BCUT2D eigenvalue weighted by Gasteiger charge is -2.11. The van der Waals surface area contributed by atoms with E-state index >= 15 is 0 Å². The molecule has 118 valence electrons. The van der Waals surface area contributed by atoms with Crippen LogP contribution < -0.4 is 19.9 Å². The number of hydrogen-bond acceptors (Lipinski definition) is 4. The summed E-state index contributed by atoms with van der Waals surface area (Å²) in [5, 5.41) is 0. The minimum Gasteiger partial charge on any atom is -0.493 e. The van der Waals surface area contributed by atoms with E-state index in [0.29, 0.717) is 30.4 Å². The van der Waals surface area contributed by atoms with Crippen molar-refractivity contribution in [2.24, 2.45) is 0 Å². The van der Waals surface area contributed by atoms with Crippen molar-refractivity contribution in [2.45, 2.75) is 19.8 Å². The molecule has 0 fully saturated rings. The lowest BCUT2D eigenvalue weighted by molar-refractivity contribution is 0.240. The van der Waals surface area contributed by atoms with Crippen LogP contribution in [-0.4, -0.2) is 20.3 Å². The molecule has 2 aromatic carbocycles. The molecule has 0 heterocycles. The Labute approximate surface area is 131 Å². The first kappa shape index (κ1) is 16.0. The number of rotatable bonds is 8. The van der Waals surface area contributed by atoms with Gasteiger partial charge in [0.25, 0.3) is 0 Å². The van der Waals surface area contributed by atoms with Gasteiger partial charge in [0, 0.05) is 18.2 Å². The van der Waals surface area contributed by atoms with E-state index in [1.54, 1.807) is 19.2 Å². The van der Waals surface area contributed by atoms with E-state index < -0.39 is 0 Å². The average molecular weight is 301 g/mol. The number of aryl methyl sites for hydroxylation is 1. The van der Waals surface area contributed by atoms with Crippen LogP contribution in [0.4, 0.5) is 5.69 Å². The molecule has 0 atom stereocenters. The molecule has 2 N–H and O–H groups in total. The molecule has 0 saturated heterocycles. The van der Waals surface area contributed by atoms with E-state index in [1.807, 2.05) is 18.2 Å². The molecule has 0 saturated carbocycles. The van der Waals surface area contributed by atoms with Gasteiger partial charge < -0.3 is 19.9 Å². The Balaban J connectivity index is 1.73. The van der Waals surface area contributed by atoms with Gasteiger partial charge in [-0.1, -0.05) is 19.1 Å². The molecule has 0 bridgehead atoms. The monoisotopic (exact) mass is 301 g/mol. The molecule has 0 unspecified atom stereocenters. The van der Waals surface area contributed by atoms with Crippen molar-refractivity contribution in [3.63, 3.8) is 0 Å². The summed E-state index contributed by atoms with van der Waals surface area (Å²) < 4.78 is 16.6. The fourth-order valence-electron chi connectivity index (χ4n) is 2.06. The van der Waals surface area contributed by atoms with Gasteiger partial charge in [-0.3, -0.25) is 0 Å². The molecule has 2 aromatic rings. The highest BCUT2D eigenvalue weighted by atomic mass is 16.5. The molecule has 0 spiro atoms. The van der Waals surface area contributed by atoms with Crippen LogP contribution in [0, 0.1) is 0 Å². The van der Waals surface area contributed by atoms with Crippen LogP contribution in [0.3, 0.4) is 0 Å². The van der Waals surface area contributed by atoms with Crippen molar-refractivity contribution in [1.29, 1.82) is 0 Å². The van der Waals surface area contributed by atoms with Crippen LogP contribution in [0.25, 0.3) is 0 Å². The second-order valence-electron chi connectivity index (χ2n) is 4.96. The summed E-state index contributed by atoms with van der Waals surface area (Å²) in [6.45, 7) is 3.31. The molecule has 22 heavy (non-hydrogen) atoms. The van der Waals surface area contributed by atoms with Crippen LogP contribution in [0.5, 0.6) is 17.2 Å². The van der Waals surface area contributed by atoms with E-state index in [0.717, 1.165) is 18.6 Å². The smallest absolute Gasteiger partial charge is 0.162 e. The number of anilines is 1. The Kier molecular flexibility index (Phi) is 5.95. The highest BCUT2D eigenvalue weighted by Gasteiger charge is 2.04. The minimum absolute atomic E-state index is 0.563. The summed E-state index contributed by atoms with van der Waals surface area (Å²) >= 11 is 0. The maximum atomic E-state index is 5.71. The van der Waals surface area contributed by atoms with Gasteiger partial charge in [-0.2, -0.15) is 0 Å². The Morgan fingerprint density at radius 2 is 1.64 bits per heavy atom. The molecule has 0 aliphatic rings. The van der Waals surface area contributed by atoms with Crippen molar-refractivity contribution in [3.8, 4) is 17.2 Å². The summed E-state index contributed by atoms with van der Waals surface area (Å²) in [7, 11) is 1.60. The largest absolute Gasteiger partial charge is 0.493 e. The highest BCUT2D eigenvalue weighted by Crippen LogP contribution is 2.28. The van der Waals surface area contributed by atoms with Crippen molar-refractivity contribution >= 4 is 5.69 Å². The summed E-state index contributed by atoms with van der Waals surface area (Å²) in [4.78, 5) is 0. The lowest BCUT2D eigenvalue weighted by atomic mass is 10.2. The number of methoxy groups -OCH3 is 1. The van der Waals surface area contributed by atoms with Crippen LogP contribution in [0.1, 0.15) is 18.9 Å². The summed E-state index contributed by atoms with van der Waals surface area (Å²) in [5.74, 6) is 2.24. The third-order valence-corrected chi connectivity index (χ3v) is 3.33. The van der Waals surface area contributed by atoms with Crippen molar-refractivity contribution in [2.75, 3.05) is 26.1 Å². The molecule has 0 aromatic heterocycles. The molecular formula is C18H23NO3. The predicted octanol–water partition coefficient (Wildman–Crippen LogP) is 3.69. The molecule has 0 amide bonds. The Bertz CT molecular complexity index is 581. The zero-order valence-corrected chi connectivity index (χ0v) is 13.2. The first-order valence-corrected chi connectivity index (χ1v) is 7.51. The Hall–Kier alpha value is -2.36. The molecule has 2 rings (SSSR count). The van der Waals surface area contributed by atoms with Crippen molar-refractivity contribution in [3.05, 3.63) is 48.0 Å². The number of hydrogen-bond donors (Lipinski definition) is 1. The highest BCUT2D eigenvalue weighted by molar-refractivity contribution is 5.51. The number of nitrogen functional groups attached to an aromatic ring is 1. The van der Waals surface area contributed by atoms with Crippen LogP contribution in [0.15, 0.2) is 42.5 Å². The molecule has 0 radical (unpaired) electrons. The van der Waals surface area contributed by atoms with Gasteiger partial charge in [0.2, 0.25) is 0 Å². The molecule has 4 nitrogen and oxygen atoms in total. The van der Waals surface area contributed by atoms with Crippen LogP contribution in [0.2, 0.25) is 0 Å². The Morgan fingerprint density at radius 3 is 2.32 bits per heavy atom. The SMILES string of the molecule is CCc1ccc(OCCCOc2ccc(N)cc2OC)cc1. The first-order valence-electron chi connectivity index (χ1n) is 7.51. The van der Waals surface area contributed by atoms with Crippen LogP contribution in [-0.2, 0) is 6.42 Å². The van der Waals surface area contributed by atoms with Gasteiger partial charge in [0.1, 0.15) is 5.75 Å². The van der Waals surface area contributed by atoms with Crippen LogP contribution >= 0.6 is 0 Å². The molecule has 4 heteroatoms. The topological polar surface area (TPSA) is 53.7 Å². The van der Waals surface area contributed by atoms with Gasteiger partial charge in [-0.05, 0) is 36.2 Å². The van der Waals surface area contributed by atoms with Gasteiger partial charge in [-0.25, -0.2) is 0 Å². The lowest BCUT2D eigenvalue weighted by Crippen LogP contribution is -2.06. The average Bonchev–Trinajstić information content (AvgIpc) is 2.56. The van der Waals surface area contributed by atoms with E-state index in [2.05, 4.69) is 19.1 Å². The van der Waals surface area contributed by atoms with E-state index in [-0.39, 0.29) is 0 Å². The van der Waals surface area contributed by atoms with E-state index in [1.165, 1.54) is 5.56 Å². The van der Waals surface area contributed by atoms with E-state index in [9.17, 15) is 0 Å². The maximum absolute atomic E-state index is 5.71. The number of nitrogens with two attached hydrogens (primary N) is 1. The maximum Gasteiger partial charge on any atom is 0.162 e. The van der Waals surface area contributed by atoms with Gasteiger partial charge >= 0.3 is 0 Å². The fraction of sp³-hybridized carbons (Fsp3) is 0.333. The molecular weight excluding hydrogens is 278 g/mol. The number of ether oxygens (including phenoxy) is 3. The van der Waals surface area contributed by atoms with Crippen molar-refractivity contribution < 1.29 is 14.2 Å².